The minimum absolute atomic E-state index is 0.00163. The number of aliphatic hydroxyl groups excluding tert-OH is 7. The minimum atomic E-state index is -1.82. The SMILES string of the molecule is NC(=O)c1cc(N(CC(O)CO)CC(O)C(O)C(O)C(O)CO)ccc1N. The minimum Gasteiger partial charge on any atom is -0.398 e. The molecule has 0 radical (unpaired) electrons. The second-order valence-corrected chi connectivity index (χ2v) is 6.18. The number of nitrogens with two attached hydrogens (primary N) is 2. The van der Waals surface area contributed by atoms with Gasteiger partial charge in [0.25, 0.3) is 5.91 Å². The molecule has 0 aliphatic carbocycles. The number of rotatable bonds is 11. The fourth-order valence-electron chi connectivity index (χ4n) is 2.45. The lowest BCUT2D eigenvalue weighted by molar-refractivity contribution is -0.113. The second-order valence-electron chi connectivity index (χ2n) is 6.18. The summed E-state index contributed by atoms with van der Waals surface area (Å²) in [6.07, 6.45) is -8.12. The molecule has 0 fully saturated rings. The van der Waals surface area contributed by atoms with Gasteiger partial charge in [-0.2, -0.15) is 0 Å². The lowest BCUT2D eigenvalue weighted by Crippen LogP contribution is -2.50. The molecule has 1 amide bonds. The van der Waals surface area contributed by atoms with Gasteiger partial charge in [-0.1, -0.05) is 0 Å². The number of hydrogen-bond donors (Lipinski definition) is 9. The summed E-state index contributed by atoms with van der Waals surface area (Å²) in [6.45, 7) is -1.95. The summed E-state index contributed by atoms with van der Waals surface area (Å²) in [4.78, 5) is 12.8. The Labute approximate surface area is 155 Å². The average molecular weight is 389 g/mol. The number of primary amides is 1. The van der Waals surface area contributed by atoms with E-state index < -0.39 is 49.6 Å². The van der Waals surface area contributed by atoms with Crippen molar-refractivity contribution < 1.29 is 40.5 Å². The maximum atomic E-state index is 11.5. The number of nitrogens with zero attached hydrogens (tertiary/aromatic N) is 1. The Bertz CT molecular complexity index is 617. The number of benzene rings is 1. The zero-order valence-electron chi connectivity index (χ0n) is 14.6. The summed E-state index contributed by atoms with van der Waals surface area (Å²) in [5, 5.41) is 66.9. The van der Waals surface area contributed by atoms with Gasteiger partial charge in [-0.05, 0) is 18.2 Å². The van der Waals surface area contributed by atoms with Crippen LogP contribution in [0.5, 0.6) is 0 Å². The number of aliphatic hydroxyl groups is 7. The Morgan fingerprint density at radius 1 is 0.963 bits per heavy atom. The molecule has 0 spiro atoms. The van der Waals surface area contributed by atoms with E-state index in [1.165, 1.54) is 23.1 Å². The molecule has 0 saturated heterocycles. The van der Waals surface area contributed by atoms with Crippen LogP contribution in [-0.4, -0.2) is 98.5 Å². The van der Waals surface area contributed by atoms with Crippen LogP contribution in [0.3, 0.4) is 0 Å². The van der Waals surface area contributed by atoms with Crippen LogP contribution in [0, 0.1) is 0 Å². The van der Waals surface area contributed by atoms with Crippen molar-refractivity contribution in [2.45, 2.75) is 30.5 Å². The second kappa shape index (κ2) is 10.4. The first kappa shape index (κ1) is 23.0. The van der Waals surface area contributed by atoms with Gasteiger partial charge in [-0.25, -0.2) is 0 Å². The van der Waals surface area contributed by atoms with Crippen molar-refractivity contribution in [2.24, 2.45) is 5.73 Å². The van der Waals surface area contributed by atoms with Crippen LogP contribution in [0.2, 0.25) is 0 Å². The van der Waals surface area contributed by atoms with E-state index in [4.69, 9.17) is 21.7 Å². The summed E-state index contributed by atoms with van der Waals surface area (Å²) < 4.78 is 0. The van der Waals surface area contributed by atoms with E-state index in [-0.39, 0.29) is 24.3 Å². The molecule has 0 aromatic heterocycles. The molecule has 0 bridgehead atoms. The fourth-order valence-corrected chi connectivity index (χ4v) is 2.45. The third-order valence-corrected chi connectivity index (χ3v) is 4.04. The molecule has 5 unspecified atom stereocenters. The van der Waals surface area contributed by atoms with E-state index >= 15 is 0 Å². The third-order valence-electron chi connectivity index (χ3n) is 4.04. The summed E-state index contributed by atoms with van der Waals surface area (Å²) >= 11 is 0. The van der Waals surface area contributed by atoms with Crippen LogP contribution < -0.4 is 16.4 Å². The maximum absolute atomic E-state index is 11.5. The van der Waals surface area contributed by atoms with Crippen LogP contribution in [0.15, 0.2) is 18.2 Å². The van der Waals surface area contributed by atoms with Crippen LogP contribution >= 0.6 is 0 Å². The topological polar surface area (TPSA) is 214 Å². The molecule has 11 nitrogen and oxygen atoms in total. The first-order valence-electron chi connectivity index (χ1n) is 8.18. The number of nitrogen functional groups attached to an aromatic ring is 1. The zero-order chi connectivity index (χ0) is 20.7. The molecule has 154 valence electrons. The highest BCUT2D eigenvalue weighted by molar-refractivity contribution is 5.99. The van der Waals surface area contributed by atoms with Crippen LogP contribution in [0.1, 0.15) is 10.4 Å². The Morgan fingerprint density at radius 3 is 2.07 bits per heavy atom. The fraction of sp³-hybridized carbons (Fsp3) is 0.562. The van der Waals surface area contributed by atoms with Crippen LogP contribution in [0.4, 0.5) is 11.4 Å². The van der Waals surface area contributed by atoms with Gasteiger partial charge in [0, 0.05) is 24.5 Å². The van der Waals surface area contributed by atoms with Crippen molar-refractivity contribution >= 4 is 17.3 Å². The highest BCUT2D eigenvalue weighted by Crippen LogP contribution is 2.22. The normalized spacial score (nSPS) is 17.0. The molecule has 0 aliphatic rings. The van der Waals surface area contributed by atoms with E-state index in [9.17, 15) is 30.3 Å². The lowest BCUT2D eigenvalue weighted by Gasteiger charge is -2.32. The van der Waals surface area contributed by atoms with Crippen LogP contribution in [-0.2, 0) is 0 Å². The molecule has 1 rings (SSSR count). The Morgan fingerprint density at radius 2 is 1.56 bits per heavy atom. The van der Waals surface area contributed by atoms with Crippen LogP contribution in [0.25, 0.3) is 0 Å². The van der Waals surface area contributed by atoms with Crippen molar-refractivity contribution in [3.8, 4) is 0 Å². The molecule has 0 saturated carbocycles. The highest BCUT2D eigenvalue weighted by atomic mass is 16.4. The summed E-state index contributed by atoms with van der Waals surface area (Å²) in [5.74, 6) is -0.793. The third kappa shape index (κ3) is 6.29. The summed E-state index contributed by atoms with van der Waals surface area (Å²) in [5.41, 5.74) is 11.3. The molecule has 11 heteroatoms. The number of amides is 1. The Kier molecular flexibility index (Phi) is 8.85. The smallest absolute Gasteiger partial charge is 0.250 e. The van der Waals surface area contributed by atoms with Gasteiger partial charge in [0.2, 0.25) is 0 Å². The van der Waals surface area contributed by atoms with E-state index in [1.807, 2.05) is 0 Å². The van der Waals surface area contributed by atoms with Gasteiger partial charge in [0.1, 0.15) is 18.3 Å². The van der Waals surface area contributed by atoms with Gasteiger partial charge in [0.15, 0.2) is 0 Å². The summed E-state index contributed by atoms with van der Waals surface area (Å²) in [6, 6.07) is 4.19. The standard InChI is InChI=1S/C16H27N3O8/c17-11-2-1-8(3-10(11)16(18)27)19(4-9(22)6-20)5-12(23)14(25)15(26)13(24)7-21/h1-3,9,12-15,20-26H,4-7,17H2,(H2,18,27). The molecule has 0 heterocycles. The monoisotopic (exact) mass is 389 g/mol. The van der Waals surface area contributed by atoms with Crippen molar-refractivity contribution in [1.82, 2.24) is 0 Å². The molecule has 11 N–H and O–H groups in total. The van der Waals surface area contributed by atoms with Crippen molar-refractivity contribution in [2.75, 3.05) is 36.9 Å². The molecule has 5 atom stereocenters. The molecule has 27 heavy (non-hydrogen) atoms. The highest BCUT2D eigenvalue weighted by Gasteiger charge is 2.31. The van der Waals surface area contributed by atoms with Gasteiger partial charge in [-0.3, -0.25) is 4.79 Å². The quantitative estimate of drug-likeness (QED) is 0.167. The Hall–Kier alpha value is -1.99. The van der Waals surface area contributed by atoms with Gasteiger partial charge < -0.3 is 52.1 Å². The first-order chi connectivity index (χ1) is 12.6. The number of anilines is 2. The molecule has 1 aromatic carbocycles. The van der Waals surface area contributed by atoms with Gasteiger partial charge >= 0.3 is 0 Å². The number of carbonyl (C=O) groups excluding carboxylic acids is 1. The Balaban J connectivity index is 3.08. The van der Waals surface area contributed by atoms with Crippen molar-refractivity contribution in [1.29, 1.82) is 0 Å². The molecule has 0 aliphatic heterocycles. The van der Waals surface area contributed by atoms with Gasteiger partial charge in [-0.15, -0.1) is 0 Å². The van der Waals surface area contributed by atoms with E-state index in [0.29, 0.717) is 5.69 Å². The van der Waals surface area contributed by atoms with E-state index in [2.05, 4.69) is 0 Å². The maximum Gasteiger partial charge on any atom is 0.250 e. The predicted molar refractivity (Wildman–Crippen MR) is 95.8 cm³/mol. The van der Waals surface area contributed by atoms with E-state index in [0.717, 1.165) is 0 Å². The van der Waals surface area contributed by atoms with Crippen molar-refractivity contribution in [3.05, 3.63) is 23.8 Å². The first-order valence-corrected chi connectivity index (χ1v) is 8.18. The molecular weight excluding hydrogens is 362 g/mol. The average Bonchev–Trinajstić information content (AvgIpc) is 2.65. The molecule has 1 aromatic rings. The number of hydrogen-bond acceptors (Lipinski definition) is 10. The van der Waals surface area contributed by atoms with Crippen molar-refractivity contribution in [3.63, 3.8) is 0 Å². The zero-order valence-corrected chi connectivity index (χ0v) is 14.6. The lowest BCUT2D eigenvalue weighted by atomic mass is 10.0. The largest absolute Gasteiger partial charge is 0.398 e. The number of carbonyl (C=O) groups is 1. The molecular formula is C16H27N3O8. The summed E-state index contributed by atoms with van der Waals surface area (Å²) in [7, 11) is 0. The van der Waals surface area contributed by atoms with E-state index in [1.54, 1.807) is 0 Å². The predicted octanol–water partition coefficient (Wildman–Crippen LogP) is -4.04. The van der Waals surface area contributed by atoms with Gasteiger partial charge in [0.05, 0.1) is 31.0 Å².